The lowest BCUT2D eigenvalue weighted by Crippen LogP contribution is -2.04. The quantitative estimate of drug-likeness (QED) is 0.494. The molecule has 4 aromatic rings. The van der Waals surface area contributed by atoms with Gasteiger partial charge in [-0.15, -0.1) is 0 Å². The standard InChI is InChI=1S/C20H22N8O2/c1-10(2)28-20-14(18(21)24-9-25-20)15(26-28)16-13(17(30-27-16)12-3-4-12)19-22-7-11(5-6-29)8-23-19/h7-10,12,29H,3-6H2,1-2H3,(H2,21,24,25). The molecule has 0 radical (unpaired) electrons. The number of nitrogen functional groups attached to an aromatic ring is 1. The normalized spacial score (nSPS) is 14.1. The van der Waals surface area contributed by atoms with Crippen LogP contribution < -0.4 is 5.73 Å². The number of nitrogens with zero attached hydrogens (tertiary/aromatic N) is 7. The molecule has 0 amide bonds. The molecule has 5 rings (SSSR count). The molecule has 1 saturated carbocycles. The van der Waals surface area contributed by atoms with Gasteiger partial charge in [0.2, 0.25) is 0 Å². The molecular formula is C20H22N8O2. The SMILES string of the molecule is CC(C)n1nc(-c2noc(C3CC3)c2-c2ncc(CCO)cn2)c2c(N)ncnc21. The summed E-state index contributed by atoms with van der Waals surface area (Å²) in [5.74, 6) is 1.91. The maximum Gasteiger partial charge on any atom is 0.165 e. The number of hydrogen-bond donors (Lipinski definition) is 2. The van der Waals surface area contributed by atoms with Crippen molar-refractivity contribution in [3.05, 3.63) is 30.0 Å². The molecule has 4 aromatic heterocycles. The van der Waals surface area contributed by atoms with Crippen molar-refractivity contribution in [1.29, 1.82) is 0 Å². The lowest BCUT2D eigenvalue weighted by atomic mass is 10.1. The van der Waals surface area contributed by atoms with Crippen molar-refractivity contribution in [3.63, 3.8) is 0 Å². The average Bonchev–Trinajstić information content (AvgIpc) is 3.36. The van der Waals surface area contributed by atoms with Crippen LogP contribution in [0.5, 0.6) is 0 Å². The van der Waals surface area contributed by atoms with E-state index in [-0.39, 0.29) is 12.6 Å². The zero-order valence-electron chi connectivity index (χ0n) is 16.8. The van der Waals surface area contributed by atoms with Crippen molar-refractivity contribution in [1.82, 2.24) is 34.9 Å². The molecule has 0 aliphatic heterocycles. The van der Waals surface area contributed by atoms with Gasteiger partial charge in [0, 0.05) is 31.0 Å². The van der Waals surface area contributed by atoms with Gasteiger partial charge in [0.05, 0.1) is 10.9 Å². The second-order valence-electron chi connectivity index (χ2n) is 7.78. The number of rotatable bonds is 6. The molecule has 3 N–H and O–H groups in total. The maximum absolute atomic E-state index is 9.15. The summed E-state index contributed by atoms with van der Waals surface area (Å²) in [6.07, 6.45) is 7.45. The topological polar surface area (TPSA) is 142 Å². The van der Waals surface area contributed by atoms with E-state index in [0.717, 1.165) is 29.7 Å². The number of aliphatic hydroxyl groups excluding tert-OH is 1. The Balaban J connectivity index is 1.73. The molecule has 1 aliphatic rings. The van der Waals surface area contributed by atoms with Gasteiger partial charge in [-0.05, 0) is 38.7 Å². The zero-order chi connectivity index (χ0) is 20.8. The van der Waals surface area contributed by atoms with Crippen LogP contribution in [0.15, 0.2) is 23.2 Å². The fraction of sp³-hybridized carbons (Fsp3) is 0.400. The molecule has 1 aliphatic carbocycles. The molecule has 0 saturated heterocycles. The number of hydrogen-bond acceptors (Lipinski definition) is 9. The molecule has 1 fully saturated rings. The van der Waals surface area contributed by atoms with E-state index in [0.29, 0.717) is 46.4 Å². The predicted octanol–water partition coefficient (Wildman–Crippen LogP) is 2.51. The van der Waals surface area contributed by atoms with Crippen LogP contribution >= 0.6 is 0 Å². The minimum absolute atomic E-state index is 0.0481. The molecule has 0 atom stereocenters. The summed E-state index contributed by atoms with van der Waals surface area (Å²) in [7, 11) is 0. The van der Waals surface area contributed by atoms with Gasteiger partial charge in [-0.3, -0.25) is 0 Å². The van der Waals surface area contributed by atoms with Crippen molar-refractivity contribution in [2.45, 2.75) is 45.1 Å². The van der Waals surface area contributed by atoms with Gasteiger partial charge in [-0.1, -0.05) is 5.16 Å². The first-order valence-corrected chi connectivity index (χ1v) is 9.99. The highest BCUT2D eigenvalue weighted by atomic mass is 16.5. The highest BCUT2D eigenvalue weighted by Crippen LogP contribution is 2.47. The van der Waals surface area contributed by atoms with Crippen molar-refractivity contribution in [3.8, 4) is 22.8 Å². The first kappa shape index (κ1) is 18.6. The van der Waals surface area contributed by atoms with Crippen LogP contribution in [0.3, 0.4) is 0 Å². The molecule has 0 spiro atoms. The molecule has 0 unspecified atom stereocenters. The minimum Gasteiger partial charge on any atom is -0.396 e. The average molecular weight is 406 g/mol. The van der Waals surface area contributed by atoms with Crippen LogP contribution in [0.1, 0.15) is 50.0 Å². The smallest absolute Gasteiger partial charge is 0.165 e. The zero-order valence-corrected chi connectivity index (χ0v) is 16.8. The molecule has 30 heavy (non-hydrogen) atoms. The predicted molar refractivity (Wildman–Crippen MR) is 109 cm³/mol. The first-order valence-electron chi connectivity index (χ1n) is 9.99. The lowest BCUT2D eigenvalue weighted by Gasteiger charge is -2.05. The summed E-state index contributed by atoms with van der Waals surface area (Å²) < 4.78 is 7.57. The van der Waals surface area contributed by atoms with Gasteiger partial charge in [0.25, 0.3) is 0 Å². The van der Waals surface area contributed by atoms with Crippen molar-refractivity contribution in [2.75, 3.05) is 12.3 Å². The van der Waals surface area contributed by atoms with Crippen LogP contribution in [0.2, 0.25) is 0 Å². The van der Waals surface area contributed by atoms with Gasteiger partial charge >= 0.3 is 0 Å². The number of nitrogens with two attached hydrogens (primary N) is 1. The van der Waals surface area contributed by atoms with Crippen molar-refractivity contribution in [2.24, 2.45) is 0 Å². The highest BCUT2D eigenvalue weighted by molar-refractivity contribution is 6.00. The number of aliphatic hydroxyl groups is 1. The molecule has 0 bridgehead atoms. The van der Waals surface area contributed by atoms with Gasteiger partial charge < -0.3 is 15.4 Å². The Morgan fingerprint density at radius 1 is 1.17 bits per heavy atom. The van der Waals surface area contributed by atoms with E-state index in [1.807, 2.05) is 18.5 Å². The van der Waals surface area contributed by atoms with Crippen LogP contribution in [-0.4, -0.2) is 46.6 Å². The van der Waals surface area contributed by atoms with Crippen molar-refractivity contribution < 1.29 is 9.63 Å². The minimum atomic E-state index is 0.0481. The fourth-order valence-corrected chi connectivity index (χ4v) is 3.57. The van der Waals surface area contributed by atoms with E-state index in [1.54, 1.807) is 12.4 Å². The van der Waals surface area contributed by atoms with E-state index in [2.05, 4.69) is 25.1 Å². The second kappa shape index (κ2) is 7.13. The highest BCUT2D eigenvalue weighted by Gasteiger charge is 2.36. The van der Waals surface area contributed by atoms with Crippen molar-refractivity contribution >= 4 is 16.9 Å². The summed E-state index contributed by atoms with van der Waals surface area (Å²) >= 11 is 0. The lowest BCUT2D eigenvalue weighted by molar-refractivity contribution is 0.299. The molecule has 0 aromatic carbocycles. The van der Waals surface area contributed by atoms with E-state index >= 15 is 0 Å². The van der Waals surface area contributed by atoms with E-state index in [4.69, 9.17) is 20.5 Å². The first-order chi connectivity index (χ1) is 14.6. The largest absolute Gasteiger partial charge is 0.396 e. The van der Waals surface area contributed by atoms with Crippen LogP contribution in [0.25, 0.3) is 33.8 Å². The second-order valence-corrected chi connectivity index (χ2v) is 7.78. The Morgan fingerprint density at radius 3 is 2.60 bits per heavy atom. The Labute approximate surface area is 172 Å². The van der Waals surface area contributed by atoms with E-state index in [1.165, 1.54) is 6.33 Å². The number of fused-ring (bicyclic) bond motifs is 1. The van der Waals surface area contributed by atoms with Gasteiger partial charge in [-0.25, -0.2) is 24.6 Å². The van der Waals surface area contributed by atoms with E-state index in [9.17, 15) is 0 Å². The molecule has 154 valence electrons. The summed E-state index contributed by atoms with van der Waals surface area (Å²) in [5, 5.41) is 18.9. The third kappa shape index (κ3) is 3.00. The van der Waals surface area contributed by atoms with Crippen LogP contribution in [0, 0.1) is 0 Å². The maximum atomic E-state index is 9.15. The monoisotopic (exact) mass is 406 g/mol. The molecule has 4 heterocycles. The third-order valence-corrected chi connectivity index (χ3v) is 5.23. The number of aromatic nitrogens is 7. The Bertz CT molecular complexity index is 1210. The van der Waals surface area contributed by atoms with Gasteiger partial charge in [0.1, 0.15) is 23.5 Å². The van der Waals surface area contributed by atoms with Crippen LogP contribution in [-0.2, 0) is 6.42 Å². The molecular weight excluding hydrogens is 384 g/mol. The molecule has 10 nitrogen and oxygen atoms in total. The molecule has 10 heteroatoms. The Morgan fingerprint density at radius 2 is 1.93 bits per heavy atom. The Hall–Kier alpha value is -3.40. The summed E-state index contributed by atoms with van der Waals surface area (Å²) in [6, 6.07) is 0.0721. The van der Waals surface area contributed by atoms with Crippen LogP contribution in [0.4, 0.5) is 5.82 Å². The summed E-state index contributed by atoms with van der Waals surface area (Å²) in [4.78, 5) is 17.6. The third-order valence-electron chi connectivity index (χ3n) is 5.23. The Kier molecular flexibility index (Phi) is 4.43. The number of anilines is 1. The summed E-state index contributed by atoms with van der Waals surface area (Å²) in [6.45, 7) is 4.10. The van der Waals surface area contributed by atoms with E-state index < -0.39 is 0 Å². The van der Waals surface area contributed by atoms with Gasteiger partial charge in [-0.2, -0.15) is 5.10 Å². The fourth-order valence-electron chi connectivity index (χ4n) is 3.57. The van der Waals surface area contributed by atoms with Gasteiger partial charge in [0.15, 0.2) is 17.2 Å². The summed E-state index contributed by atoms with van der Waals surface area (Å²) in [5.41, 5.74) is 9.55.